The number of benzene rings is 1. The van der Waals surface area contributed by atoms with Crippen LogP contribution in [0.3, 0.4) is 0 Å². The molecule has 19 heavy (non-hydrogen) atoms. The van der Waals surface area contributed by atoms with Crippen LogP contribution in [0.4, 0.5) is 18.9 Å². The van der Waals surface area contributed by atoms with Gasteiger partial charge >= 0.3 is 6.18 Å². The lowest BCUT2D eigenvalue weighted by molar-refractivity contribution is -0.136. The van der Waals surface area contributed by atoms with Gasteiger partial charge in [0.2, 0.25) is 0 Å². The van der Waals surface area contributed by atoms with E-state index in [1.54, 1.807) is 0 Å². The minimum Gasteiger partial charge on any atom is -0.395 e. The van der Waals surface area contributed by atoms with Crippen LogP contribution in [0.25, 0.3) is 0 Å². The van der Waals surface area contributed by atoms with E-state index in [-0.39, 0.29) is 24.4 Å². The number of nitrogens with zero attached hydrogens (tertiary/aromatic N) is 1. The van der Waals surface area contributed by atoms with E-state index in [2.05, 4.69) is 5.32 Å². The smallest absolute Gasteiger partial charge is 0.395 e. The van der Waals surface area contributed by atoms with Crippen LogP contribution in [0.5, 0.6) is 0 Å². The van der Waals surface area contributed by atoms with E-state index in [1.807, 2.05) is 0 Å². The number of anilines is 1. The maximum absolute atomic E-state index is 12.8. The van der Waals surface area contributed by atoms with Gasteiger partial charge in [-0.25, -0.2) is 0 Å². The van der Waals surface area contributed by atoms with E-state index in [4.69, 9.17) is 5.11 Å². The molecule has 1 aromatic rings. The summed E-state index contributed by atoms with van der Waals surface area (Å²) in [5.41, 5.74) is -1.23. The number of hydrogen-bond acceptors (Lipinski definition) is 3. The Morgan fingerprint density at radius 2 is 2.05 bits per heavy atom. The average Bonchev–Trinajstić information content (AvgIpc) is 2.36. The molecule has 0 bridgehead atoms. The van der Waals surface area contributed by atoms with Crippen LogP contribution in [-0.2, 0) is 6.18 Å². The van der Waals surface area contributed by atoms with Gasteiger partial charge in [-0.1, -0.05) is 6.07 Å². The quantitative estimate of drug-likeness (QED) is 0.882. The standard InChI is InChI=1S/C12H15F3N2O2/c1-16-10-8(11(19)17(2)6-7-18)4-3-5-9(10)12(13,14)15/h3-5,16,18H,6-7H2,1-2H3. The third-order valence-corrected chi connectivity index (χ3v) is 2.63. The summed E-state index contributed by atoms with van der Waals surface area (Å²) in [6, 6.07) is 3.41. The Hall–Kier alpha value is -1.76. The lowest BCUT2D eigenvalue weighted by atomic mass is 10.1. The van der Waals surface area contributed by atoms with Crippen LogP contribution in [0, 0.1) is 0 Å². The first kappa shape index (κ1) is 15.3. The van der Waals surface area contributed by atoms with Crippen molar-refractivity contribution in [3.63, 3.8) is 0 Å². The molecular weight excluding hydrogens is 261 g/mol. The summed E-state index contributed by atoms with van der Waals surface area (Å²) in [6.07, 6.45) is -4.54. The third kappa shape index (κ3) is 3.37. The molecule has 0 spiro atoms. The largest absolute Gasteiger partial charge is 0.418 e. The third-order valence-electron chi connectivity index (χ3n) is 2.63. The number of alkyl halides is 3. The summed E-state index contributed by atoms with van der Waals surface area (Å²) >= 11 is 0. The van der Waals surface area contributed by atoms with Gasteiger partial charge in [0.25, 0.3) is 5.91 Å². The normalized spacial score (nSPS) is 11.3. The second-order valence-electron chi connectivity index (χ2n) is 3.93. The van der Waals surface area contributed by atoms with Crippen LogP contribution in [0.2, 0.25) is 0 Å². The van der Waals surface area contributed by atoms with Crippen molar-refractivity contribution in [3.05, 3.63) is 29.3 Å². The highest BCUT2D eigenvalue weighted by atomic mass is 19.4. The number of carbonyl (C=O) groups is 1. The molecule has 0 aliphatic heterocycles. The Kier molecular flexibility index (Phi) is 4.77. The van der Waals surface area contributed by atoms with Gasteiger partial charge in [0, 0.05) is 20.6 Å². The van der Waals surface area contributed by atoms with Gasteiger partial charge < -0.3 is 15.3 Å². The Balaban J connectivity index is 3.26. The summed E-state index contributed by atoms with van der Waals surface area (Å²) in [5, 5.41) is 11.2. The number of hydrogen-bond donors (Lipinski definition) is 2. The van der Waals surface area contributed by atoms with Gasteiger partial charge in [-0.2, -0.15) is 13.2 Å². The van der Waals surface area contributed by atoms with Gasteiger partial charge in [-0.15, -0.1) is 0 Å². The first-order chi connectivity index (χ1) is 8.82. The molecule has 0 heterocycles. The summed E-state index contributed by atoms with van der Waals surface area (Å²) < 4.78 is 38.5. The molecule has 7 heteroatoms. The lowest BCUT2D eigenvalue weighted by Gasteiger charge is -2.20. The molecule has 2 N–H and O–H groups in total. The highest BCUT2D eigenvalue weighted by Crippen LogP contribution is 2.36. The summed E-state index contributed by atoms with van der Waals surface area (Å²) in [4.78, 5) is 13.2. The minimum absolute atomic E-state index is 0.0538. The number of para-hydroxylation sites is 1. The summed E-state index contributed by atoms with van der Waals surface area (Å²) in [7, 11) is 2.74. The fourth-order valence-electron chi connectivity index (χ4n) is 1.69. The van der Waals surface area contributed by atoms with Crippen LogP contribution in [0.15, 0.2) is 18.2 Å². The highest BCUT2D eigenvalue weighted by Gasteiger charge is 2.35. The van der Waals surface area contributed by atoms with Crippen LogP contribution < -0.4 is 5.32 Å². The number of aliphatic hydroxyl groups excluding tert-OH is 1. The average molecular weight is 276 g/mol. The van der Waals surface area contributed by atoms with Gasteiger partial charge in [0.15, 0.2) is 0 Å². The van der Waals surface area contributed by atoms with Crippen molar-refractivity contribution in [1.29, 1.82) is 0 Å². The van der Waals surface area contributed by atoms with Crippen LogP contribution in [0.1, 0.15) is 15.9 Å². The Labute approximate surface area is 108 Å². The molecule has 0 aromatic heterocycles. The Morgan fingerprint density at radius 3 is 2.53 bits per heavy atom. The molecule has 0 fully saturated rings. The molecule has 0 atom stereocenters. The van der Waals surface area contributed by atoms with Crippen molar-refractivity contribution in [2.75, 3.05) is 32.6 Å². The van der Waals surface area contributed by atoms with Crippen molar-refractivity contribution in [2.45, 2.75) is 6.18 Å². The Morgan fingerprint density at radius 1 is 1.42 bits per heavy atom. The zero-order valence-corrected chi connectivity index (χ0v) is 10.6. The number of likely N-dealkylation sites (N-methyl/N-ethyl adjacent to an activating group) is 1. The predicted octanol–water partition coefficient (Wildman–Crippen LogP) is 1.81. The van der Waals surface area contributed by atoms with E-state index >= 15 is 0 Å². The first-order valence-electron chi connectivity index (χ1n) is 5.57. The number of carbonyl (C=O) groups excluding carboxylic acids is 1. The molecule has 0 unspecified atom stereocenters. The van der Waals surface area contributed by atoms with Gasteiger partial charge in [-0.05, 0) is 12.1 Å². The van der Waals surface area contributed by atoms with Gasteiger partial charge in [0.05, 0.1) is 23.4 Å². The van der Waals surface area contributed by atoms with Crippen LogP contribution in [-0.4, -0.2) is 43.2 Å². The fraction of sp³-hybridized carbons (Fsp3) is 0.417. The van der Waals surface area contributed by atoms with E-state index in [1.165, 1.54) is 26.2 Å². The first-order valence-corrected chi connectivity index (χ1v) is 5.57. The second-order valence-corrected chi connectivity index (χ2v) is 3.93. The maximum atomic E-state index is 12.8. The number of amides is 1. The summed E-state index contributed by atoms with van der Waals surface area (Å²) in [6.45, 7) is -0.200. The highest BCUT2D eigenvalue weighted by molar-refractivity contribution is 6.00. The zero-order valence-electron chi connectivity index (χ0n) is 10.6. The SMILES string of the molecule is CNc1c(C(=O)N(C)CCO)cccc1C(F)(F)F. The fourth-order valence-corrected chi connectivity index (χ4v) is 1.69. The van der Waals surface area contributed by atoms with E-state index in [0.717, 1.165) is 11.0 Å². The molecule has 4 nitrogen and oxygen atoms in total. The van der Waals surface area contributed by atoms with Crippen molar-refractivity contribution in [1.82, 2.24) is 4.90 Å². The minimum atomic E-state index is -4.54. The zero-order chi connectivity index (χ0) is 14.6. The van der Waals surface area contributed by atoms with Crippen molar-refractivity contribution in [3.8, 4) is 0 Å². The molecule has 1 aromatic carbocycles. The second kappa shape index (κ2) is 5.92. The topological polar surface area (TPSA) is 52.6 Å². The van der Waals surface area contributed by atoms with Gasteiger partial charge in [0.1, 0.15) is 0 Å². The van der Waals surface area contributed by atoms with Crippen molar-refractivity contribution >= 4 is 11.6 Å². The lowest BCUT2D eigenvalue weighted by Crippen LogP contribution is -2.30. The molecule has 0 saturated carbocycles. The van der Waals surface area contributed by atoms with E-state index in [0.29, 0.717) is 0 Å². The molecule has 0 saturated heterocycles. The molecule has 0 aliphatic rings. The van der Waals surface area contributed by atoms with Gasteiger partial charge in [-0.3, -0.25) is 4.79 Å². The molecule has 0 aliphatic carbocycles. The van der Waals surface area contributed by atoms with Crippen molar-refractivity contribution in [2.24, 2.45) is 0 Å². The number of halogens is 3. The van der Waals surface area contributed by atoms with Crippen LogP contribution >= 0.6 is 0 Å². The molecular formula is C12H15F3N2O2. The predicted molar refractivity (Wildman–Crippen MR) is 65.0 cm³/mol. The number of rotatable bonds is 4. The summed E-state index contributed by atoms with van der Waals surface area (Å²) in [5.74, 6) is -0.579. The molecule has 0 radical (unpaired) electrons. The number of aliphatic hydroxyl groups is 1. The monoisotopic (exact) mass is 276 g/mol. The maximum Gasteiger partial charge on any atom is 0.418 e. The van der Waals surface area contributed by atoms with Crippen molar-refractivity contribution < 1.29 is 23.1 Å². The van der Waals surface area contributed by atoms with E-state index < -0.39 is 17.6 Å². The van der Waals surface area contributed by atoms with E-state index in [9.17, 15) is 18.0 Å². The number of nitrogens with one attached hydrogen (secondary N) is 1. The molecule has 1 amide bonds. The molecule has 1 rings (SSSR count). The Bertz CT molecular complexity index is 461. The molecule has 106 valence electrons.